The second-order valence-electron chi connectivity index (χ2n) is 4.41. The molecule has 0 fully saturated rings. The molecular formula is C15H15N3O2. The van der Waals surface area contributed by atoms with Crippen LogP contribution in [0.2, 0.25) is 0 Å². The van der Waals surface area contributed by atoms with Crippen LogP contribution in [0.1, 0.15) is 6.92 Å². The molecule has 0 spiro atoms. The van der Waals surface area contributed by atoms with Crippen LogP contribution in [0.15, 0.2) is 36.5 Å². The van der Waals surface area contributed by atoms with E-state index in [0.29, 0.717) is 5.75 Å². The number of methoxy groups -OCH3 is 1. The van der Waals surface area contributed by atoms with Crippen molar-refractivity contribution in [2.75, 3.05) is 7.11 Å². The number of nitrogens with zero attached hydrogens (tertiary/aromatic N) is 3. The number of aromatic hydroxyl groups is 1. The number of phenolic OH excluding ortho intramolecular Hbond substituents is 1. The topological polar surface area (TPSA) is 60.2 Å². The highest BCUT2D eigenvalue weighted by molar-refractivity contribution is 5.77. The second kappa shape index (κ2) is 4.85. The van der Waals surface area contributed by atoms with Crippen molar-refractivity contribution in [3.05, 3.63) is 36.5 Å². The molecule has 1 N–H and O–H groups in total. The zero-order chi connectivity index (χ0) is 14.1. The first kappa shape index (κ1) is 12.5. The second-order valence-corrected chi connectivity index (χ2v) is 4.41. The van der Waals surface area contributed by atoms with Gasteiger partial charge in [-0.2, -0.15) is 0 Å². The van der Waals surface area contributed by atoms with Crippen molar-refractivity contribution in [2.24, 2.45) is 0 Å². The number of pyridine rings is 1. The van der Waals surface area contributed by atoms with Crippen LogP contribution in [0.4, 0.5) is 0 Å². The molecule has 0 unspecified atom stereocenters. The maximum Gasteiger partial charge on any atom is 0.160 e. The van der Waals surface area contributed by atoms with Crippen LogP contribution in [-0.4, -0.2) is 26.8 Å². The van der Waals surface area contributed by atoms with E-state index in [1.165, 1.54) is 7.11 Å². The fourth-order valence-corrected chi connectivity index (χ4v) is 2.31. The molecule has 0 bridgehead atoms. The van der Waals surface area contributed by atoms with Gasteiger partial charge in [-0.15, -0.1) is 0 Å². The Kier molecular flexibility index (Phi) is 3.02. The van der Waals surface area contributed by atoms with Crippen LogP contribution in [0, 0.1) is 0 Å². The molecule has 0 saturated carbocycles. The molecule has 3 aromatic rings. The number of phenols is 1. The third kappa shape index (κ3) is 1.87. The number of aromatic nitrogens is 3. The highest BCUT2D eigenvalue weighted by Gasteiger charge is 2.13. The van der Waals surface area contributed by atoms with E-state index in [-0.39, 0.29) is 5.75 Å². The zero-order valence-electron chi connectivity index (χ0n) is 11.4. The summed E-state index contributed by atoms with van der Waals surface area (Å²) in [5.41, 5.74) is 2.53. The Morgan fingerprint density at radius 2 is 2.15 bits per heavy atom. The highest BCUT2D eigenvalue weighted by atomic mass is 16.5. The summed E-state index contributed by atoms with van der Waals surface area (Å²) in [6, 6.07) is 9.07. The van der Waals surface area contributed by atoms with Gasteiger partial charge in [0, 0.05) is 18.3 Å². The number of imidazole rings is 1. The Morgan fingerprint density at radius 1 is 1.30 bits per heavy atom. The minimum atomic E-state index is 0.104. The first-order valence-electron chi connectivity index (χ1n) is 6.43. The first-order chi connectivity index (χ1) is 9.74. The summed E-state index contributed by atoms with van der Waals surface area (Å²) in [6.07, 6.45) is 1.76. The first-order valence-corrected chi connectivity index (χ1v) is 6.43. The van der Waals surface area contributed by atoms with Crippen LogP contribution in [0.25, 0.3) is 22.6 Å². The Balaban J connectivity index is 2.21. The summed E-state index contributed by atoms with van der Waals surface area (Å²) in [6.45, 7) is 2.80. The van der Waals surface area contributed by atoms with Crippen LogP contribution in [0.5, 0.6) is 11.5 Å². The maximum absolute atomic E-state index is 9.91. The normalized spacial score (nSPS) is 10.9. The number of hydrogen-bond acceptors (Lipinski definition) is 4. The molecule has 2 aromatic heterocycles. The van der Waals surface area contributed by atoms with Gasteiger partial charge in [0.25, 0.3) is 0 Å². The van der Waals surface area contributed by atoms with E-state index >= 15 is 0 Å². The maximum atomic E-state index is 9.91. The monoisotopic (exact) mass is 269 g/mol. The van der Waals surface area contributed by atoms with E-state index in [4.69, 9.17) is 4.74 Å². The standard InChI is InChI=1S/C15H15N3O2/c1-3-18-14(17-11-5-4-8-16-15(11)18)10-6-7-13(20-2)12(19)9-10/h4-9,19H,3H2,1-2H3. The Morgan fingerprint density at radius 3 is 2.85 bits per heavy atom. The van der Waals surface area contributed by atoms with Crippen molar-refractivity contribution in [3.63, 3.8) is 0 Å². The summed E-state index contributed by atoms with van der Waals surface area (Å²) >= 11 is 0. The summed E-state index contributed by atoms with van der Waals surface area (Å²) < 4.78 is 7.09. The van der Waals surface area contributed by atoms with Crippen molar-refractivity contribution in [1.82, 2.24) is 14.5 Å². The van der Waals surface area contributed by atoms with Gasteiger partial charge in [-0.05, 0) is 37.3 Å². The average molecular weight is 269 g/mol. The lowest BCUT2D eigenvalue weighted by molar-refractivity contribution is 0.373. The number of aryl methyl sites for hydroxylation is 1. The van der Waals surface area contributed by atoms with Crippen LogP contribution in [-0.2, 0) is 6.54 Å². The summed E-state index contributed by atoms with van der Waals surface area (Å²) in [5.74, 6) is 1.35. The molecule has 102 valence electrons. The average Bonchev–Trinajstić information content (AvgIpc) is 2.85. The van der Waals surface area contributed by atoms with Crippen molar-refractivity contribution >= 4 is 11.2 Å². The van der Waals surface area contributed by atoms with E-state index in [1.54, 1.807) is 18.3 Å². The molecule has 5 heteroatoms. The molecule has 3 rings (SSSR count). The molecule has 0 saturated heterocycles. The van der Waals surface area contributed by atoms with Crippen LogP contribution < -0.4 is 4.74 Å². The van der Waals surface area contributed by atoms with Gasteiger partial charge in [-0.3, -0.25) is 0 Å². The molecule has 0 aliphatic rings. The van der Waals surface area contributed by atoms with Crippen LogP contribution in [0.3, 0.4) is 0 Å². The third-order valence-corrected chi connectivity index (χ3v) is 3.26. The Labute approximate surface area is 116 Å². The Hall–Kier alpha value is -2.56. The lowest BCUT2D eigenvalue weighted by Crippen LogP contribution is -1.98. The summed E-state index contributed by atoms with van der Waals surface area (Å²) in [5, 5.41) is 9.91. The fraction of sp³-hybridized carbons (Fsp3) is 0.200. The molecule has 5 nitrogen and oxygen atoms in total. The largest absolute Gasteiger partial charge is 0.504 e. The van der Waals surface area contributed by atoms with Crippen molar-refractivity contribution in [3.8, 4) is 22.9 Å². The molecule has 2 heterocycles. The molecular weight excluding hydrogens is 254 g/mol. The molecule has 0 radical (unpaired) electrons. The van der Waals surface area contributed by atoms with E-state index < -0.39 is 0 Å². The van der Waals surface area contributed by atoms with Crippen molar-refractivity contribution in [1.29, 1.82) is 0 Å². The van der Waals surface area contributed by atoms with Crippen LogP contribution >= 0.6 is 0 Å². The molecule has 0 aliphatic heterocycles. The summed E-state index contributed by atoms with van der Waals surface area (Å²) in [4.78, 5) is 8.97. The molecule has 20 heavy (non-hydrogen) atoms. The van der Waals surface area contributed by atoms with Crippen molar-refractivity contribution in [2.45, 2.75) is 13.5 Å². The van der Waals surface area contributed by atoms with E-state index in [2.05, 4.69) is 9.97 Å². The minimum Gasteiger partial charge on any atom is -0.504 e. The number of ether oxygens (including phenoxy) is 1. The summed E-state index contributed by atoms with van der Waals surface area (Å²) in [7, 11) is 1.53. The molecule has 1 aromatic carbocycles. The van der Waals surface area contributed by atoms with Gasteiger partial charge in [0.2, 0.25) is 0 Å². The van der Waals surface area contributed by atoms with E-state index in [0.717, 1.165) is 29.1 Å². The van der Waals surface area contributed by atoms with Gasteiger partial charge in [-0.25, -0.2) is 9.97 Å². The van der Waals surface area contributed by atoms with Gasteiger partial charge in [0.1, 0.15) is 11.3 Å². The SMILES string of the molecule is CCn1c(-c2ccc(OC)c(O)c2)nc2cccnc21. The zero-order valence-corrected chi connectivity index (χ0v) is 11.4. The fourth-order valence-electron chi connectivity index (χ4n) is 2.31. The van der Waals surface area contributed by atoms with Gasteiger partial charge in [0.05, 0.1) is 7.11 Å². The number of benzene rings is 1. The smallest absolute Gasteiger partial charge is 0.160 e. The third-order valence-electron chi connectivity index (χ3n) is 3.26. The van der Waals surface area contributed by atoms with Gasteiger partial charge < -0.3 is 14.4 Å². The van der Waals surface area contributed by atoms with E-state index in [9.17, 15) is 5.11 Å². The number of rotatable bonds is 3. The van der Waals surface area contributed by atoms with Gasteiger partial charge in [0.15, 0.2) is 17.1 Å². The predicted molar refractivity (Wildman–Crippen MR) is 76.9 cm³/mol. The predicted octanol–water partition coefficient (Wildman–Crippen LogP) is 2.83. The van der Waals surface area contributed by atoms with Gasteiger partial charge in [-0.1, -0.05) is 0 Å². The highest BCUT2D eigenvalue weighted by Crippen LogP contribution is 2.32. The van der Waals surface area contributed by atoms with E-state index in [1.807, 2.05) is 29.7 Å². The molecule has 0 amide bonds. The number of fused-ring (bicyclic) bond motifs is 1. The molecule has 0 atom stereocenters. The number of hydrogen-bond donors (Lipinski definition) is 1. The minimum absolute atomic E-state index is 0.104. The lowest BCUT2D eigenvalue weighted by Gasteiger charge is -2.08. The lowest BCUT2D eigenvalue weighted by atomic mass is 10.2. The Bertz CT molecular complexity index is 765. The van der Waals surface area contributed by atoms with Gasteiger partial charge >= 0.3 is 0 Å². The van der Waals surface area contributed by atoms with Crippen molar-refractivity contribution < 1.29 is 9.84 Å². The molecule has 0 aliphatic carbocycles. The quantitative estimate of drug-likeness (QED) is 0.794.